The van der Waals surface area contributed by atoms with E-state index in [0.29, 0.717) is 6.61 Å². The monoisotopic (exact) mass is 294 g/mol. The molecule has 0 aromatic heterocycles. The third-order valence-electron chi connectivity index (χ3n) is 3.14. The van der Waals surface area contributed by atoms with E-state index in [4.69, 9.17) is 4.74 Å². The van der Waals surface area contributed by atoms with Crippen molar-refractivity contribution in [3.05, 3.63) is 23.8 Å². The molecular formula is C15H22N2O2S. The first-order chi connectivity index (χ1) is 9.70. The number of hydrogen-bond donors (Lipinski definition) is 1. The molecule has 2 rings (SSSR count). The van der Waals surface area contributed by atoms with Crippen LogP contribution in [0.15, 0.2) is 18.2 Å². The molecule has 0 radical (unpaired) electrons. The van der Waals surface area contributed by atoms with Crippen molar-refractivity contribution in [3.63, 3.8) is 0 Å². The third-order valence-corrected chi connectivity index (χ3v) is 4.08. The van der Waals surface area contributed by atoms with Crippen molar-refractivity contribution in [2.75, 3.05) is 36.5 Å². The maximum atomic E-state index is 12.2. The second-order valence-corrected chi connectivity index (χ2v) is 6.10. The summed E-state index contributed by atoms with van der Waals surface area (Å²) < 4.78 is 5.72. The Hall–Kier alpha value is -1.36. The number of nitrogens with zero attached hydrogens (tertiary/aromatic N) is 1. The van der Waals surface area contributed by atoms with Gasteiger partial charge in [0.1, 0.15) is 5.75 Å². The second kappa shape index (κ2) is 7.43. The molecule has 2 amide bonds. The molecule has 1 aromatic rings. The molecule has 0 spiro atoms. The van der Waals surface area contributed by atoms with E-state index in [0.717, 1.165) is 48.0 Å². The number of carbonyl (C=O) groups excluding carboxylic acids is 1. The Balaban J connectivity index is 2.05. The van der Waals surface area contributed by atoms with Crippen molar-refractivity contribution in [2.24, 2.45) is 0 Å². The van der Waals surface area contributed by atoms with E-state index in [-0.39, 0.29) is 6.03 Å². The van der Waals surface area contributed by atoms with Crippen molar-refractivity contribution < 1.29 is 9.53 Å². The summed E-state index contributed by atoms with van der Waals surface area (Å²) >= 11 is 1.89. The maximum absolute atomic E-state index is 12.2. The number of nitrogens with one attached hydrogen (secondary N) is 1. The molecule has 0 unspecified atom stereocenters. The molecular weight excluding hydrogens is 272 g/mol. The van der Waals surface area contributed by atoms with Crippen LogP contribution in [0, 0.1) is 6.92 Å². The maximum Gasteiger partial charge on any atom is 0.322 e. The number of ether oxygens (including phenoxy) is 1. The van der Waals surface area contributed by atoms with Crippen LogP contribution in [0.5, 0.6) is 5.75 Å². The SMILES string of the molecule is CCCOc1cc(C)ccc1NC(=O)N1CCSCC1. The lowest BCUT2D eigenvalue weighted by atomic mass is 10.2. The van der Waals surface area contributed by atoms with Crippen LogP contribution in [0.4, 0.5) is 10.5 Å². The van der Waals surface area contributed by atoms with Crippen LogP contribution in [0.1, 0.15) is 18.9 Å². The van der Waals surface area contributed by atoms with Gasteiger partial charge in [-0.3, -0.25) is 0 Å². The molecule has 1 saturated heterocycles. The molecule has 1 aliphatic heterocycles. The van der Waals surface area contributed by atoms with Gasteiger partial charge in [0, 0.05) is 24.6 Å². The van der Waals surface area contributed by atoms with Gasteiger partial charge in [0.2, 0.25) is 0 Å². The third kappa shape index (κ3) is 4.07. The average molecular weight is 294 g/mol. The first-order valence-electron chi connectivity index (χ1n) is 7.08. The van der Waals surface area contributed by atoms with Crippen molar-refractivity contribution in [1.82, 2.24) is 4.90 Å². The minimum absolute atomic E-state index is 0.0319. The summed E-state index contributed by atoms with van der Waals surface area (Å²) in [5.41, 5.74) is 1.88. The van der Waals surface area contributed by atoms with E-state index < -0.39 is 0 Å². The zero-order valence-corrected chi connectivity index (χ0v) is 13.0. The highest BCUT2D eigenvalue weighted by Crippen LogP contribution is 2.26. The predicted octanol–water partition coefficient (Wildman–Crippen LogP) is 3.36. The van der Waals surface area contributed by atoms with Gasteiger partial charge in [-0.25, -0.2) is 4.79 Å². The molecule has 110 valence electrons. The van der Waals surface area contributed by atoms with Crippen LogP contribution in [-0.4, -0.2) is 42.1 Å². The highest BCUT2D eigenvalue weighted by molar-refractivity contribution is 7.99. The molecule has 0 bridgehead atoms. The molecule has 5 heteroatoms. The topological polar surface area (TPSA) is 41.6 Å². The quantitative estimate of drug-likeness (QED) is 0.925. The first kappa shape index (κ1) is 15.0. The Morgan fingerprint density at radius 1 is 1.40 bits per heavy atom. The molecule has 1 aliphatic rings. The minimum atomic E-state index is -0.0319. The van der Waals surface area contributed by atoms with Crippen LogP contribution in [0.3, 0.4) is 0 Å². The summed E-state index contributed by atoms with van der Waals surface area (Å²) in [7, 11) is 0. The Morgan fingerprint density at radius 2 is 2.15 bits per heavy atom. The number of rotatable bonds is 4. The van der Waals surface area contributed by atoms with Crippen LogP contribution in [0.25, 0.3) is 0 Å². The van der Waals surface area contributed by atoms with Gasteiger partial charge in [-0.15, -0.1) is 0 Å². The molecule has 4 nitrogen and oxygen atoms in total. The molecule has 1 N–H and O–H groups in total. The Bertz CT molecular complexity index is 459. The fourth-order valence-electron chi connectivity index (χ4n) is 2.02. The molecule has 0 aliphatic carbocycles. The summed E-state index contributed by atoms with van der Waals surface area (Å²) in [6.07, 6.45) is 0.949. The normalized spacial score (nSPS) is 15.0. The van der Waals surface area contributed by atoms with Crippen LogP contribution in [0.2, 0.25) is 0 Å². The molecule has 0 saturated carbocycles. The van der Waals surface area contributed by atoms with Crippen molar-refractivity contribution in [1.29, 1.82) is 0 Å². The van der Waals surface area contributed by atoms with E-state index in [9.17, 15) is 4.79 Å². The van der Waals surface area contributed by atoms with E-state index in [1.165, 1.54) is 0 Å². The Morgan fingerprint density at radius 3 is 2.85 bits per heavy atom. The average Bonchev–Trinajstić information content (AvgIpc) is 2.48. The van der Waals surface area contributed by atoms with Gasteiger partial charge in [0.15, 0.2) is 0 Å². The molecule has 20 heavy (non-hydrogen) atoms. The van der Waals surface area contributed by atoms with E-state index in [1.54, 1.807) is 0 Å². The number of carbonyl (C=O) groups is 1. The highest BCUT2D eigenvalue weighted by atomic mass is 32.2. The lowest BCUT2D eigenvalue weighted by molar-refractivity contribution is 0.216. The van der Waals surface area contributed by atoms with E-state index in [2.05, 4.69) is 12.2 Å². The van der Waals surface area contributed by atoms with Crippen LogP contribution in [-0.2, 0) is 0 Å². The van der Waals surface area contributed by atoms with Gasteiger partial charge in [0.25, 0.3) is 0 Å². The van der Waals surface area contributed by atoms with Gasteiger partial charge >= 0.3 is 6.03 Å². The van der Waals surface area contributed by atoms with Crippen molar-refractivity contribution in [3.8, 4) is 5.75 Å². The Kier molecular flexibility index (Phi) is 5.59. The summed E-state index contributed by atoms with van der Waals surface area (Å²) in [6.45, 7) is 6.37. The molecule has 1 fully saturated rings. The number of hydrogen-bond acceptors (Lipinski definition) is 3. The van der Waals surface area contributed by atoms with Gasteiger partial charge in [0.05, 0.1) is 12.3 Å². The second-order valence-electron chi connectivity index (χ2n) is 4.88. The Labute approximate surface area is 124 Å². The summed E-state index contributed by atoms with van der Waals surface area (Å²) in [4.78, 5) is 14.1. The fraction of sp³-hybridized carbons (Fsp3) is 0.533. The van der Waals surface area contributed by atoms with Crippen molar-refractivity contribution in [2.45, 2.75) is 20.3 Å². The lowest BCUT2D eigenvalue weighted by Gasteiger charge is -2.27. The lowest BCUT2D eigenvalue weighted by Crippen LogP contribution is -2.40. The summed E-state index contributed by atoms with van der Waals surface area (Å²) in [6, 6.07) is 5.84. The van der Waals surface area contributed by atoms with Crippen molar-refractivity contribution >= 4 is 23.5 Å². The fourth-order valence-corrected chi connectivity index (χ4v) is 2.93. The van der Waals surface area contributed by atoms with Crippen LogP contribution >= 0.6 is 11.8 Å². The minimum Gasteiger partial charge on any atom is -0.491 e. The number of amides is 2. The summed E-state index contributed by atoms with van der Waals surface area (Å²) in [5, 5.41) is 2.97. The predicted molar refractivity (Wildman–Crippen MR) is 84.9 cm³/mol. The van der Waals surface area contributed by atoms with E-state index in [1.807, 2.05) is 41.8 Å². The smallest absolute Gasteiger partial charge is 0.322 e. The number of aryl methyl sites for hydroxylation is 1. The summed E-state index contributed by atoms with van der Waals surface area (Å²) in [5.74, 6) is 2.78. The number of thioether (sulfide) groups is 1. The molecule has 0 atom stereocenters. The van der Waals surface area contributed by atoms with Gasteiger partial charge < -0.3 is 15.0 Å². The van der Waals surface area contributed by atoms with Gasteiger partial charge in [-0.1, -0.05) is 13.0 Å². The standard InChI is InChI=1S/C15H22N2O2S/c1-3-8-19-14-11-12(2)4-5-13(14)16-15(18)17-6-9-20-10-7-17/h4-5,11H,3,6-10H2,1-2H3,(H,16,18). The highest BCUT2D eigenvalue weighted by Gasteiger charge is 2.18. The number of benzene rings is 1. The molecule has 1 heterocycles. The number of urea groups is 1. The van der Waals surface area contributed by atoms with E-state index >= 15 is 0 Å². The number of anilines is 1. The molecule has 1 aromatic carbocycles. The van der Waals surface area contributed by atoms with Crippen LogP contribution < -0.4 is 10.1 Å². The zero-order valence-electron chi connectivity index (χ0n) is 12.1. The first-order valence-corrected chi connectivity index (χ1v) is 8.23. The largest absolute Gasteiger partial charge is 0.491 e. The van der Waals surface area contributed by atoms with Gasteiger partial charge in [-0.2, -0.15) is 11.8 Å². The van der Waals surface area contributed by atoms with Gasteiger partial charge in [-0.05, 0) is 31.0 Å². The zero-order chi connectivity index (χ0) is 14.4.